The molecule has 0 atom stereocenters. The van der Waals surface area contributed by atoms with E-state index in [0.29, 0.717) is 31.7 Å². The number of ether oxygens (including phenoxy) is 1. The third-order valence-corrected chi connectivity index (χ3v) is 4.53. The Morgan fingerprint density at radius 3 is 2.42 bits per heavy atom. The van der Waals surface area contributed by atoms with E-state index in [1.165, 1.54) is 6.26 Å². The number of piperazine rings is 1. The standard InChI is InChI=1S/C18H17BrN2O5/c19-14-4-1-3-13(11-14)18(24)26-12-16(22)20-6-8-21(9-7-20)17(23)15-5-2-10-25-15/h1-5,10-11H,6-9,12H2. The maximum absolute atomic E-state index is 12.2. The van der Waals surface area contributed by atoms with Crippen molar-refractivity contribution in [1.29, 1.82) is 0 Å². The lowest BCUT2D eigenvalue weighted by Gasteiger charge is -2.34. The van der Waals surface area contributed by atoms with Gasteiger partial charge in [0, 0.05) is 30.7 Å². The molecule has 0 aliphatic carbocycles. The SMILES string of the molecule is O=C(OCC(=O)N1CCN(C(=O)c2ccco2)CC1)c1cccc(Br)c1. The zero-order chi connectivity index (χ0) is 18.5. The first-order chi connectivity index (χ1) is 12.5. The molecule has 2 amide bonds. The van der Waals surface area contributed by atoms with Gasteiger partial charge < -0.3 is 19.0 Å². The number of amides is 2. The Balaban J connectivity index is 1.46. The van der Waals surface area contributed by atoms with Crippen molar-refractivity contribution in [1.82, 2.24) is 9.80 Å². The van der Waals surface area contributed by atoms with Gasteiger partial charge in [0.2, 0.25) is 0 Å². The molecule has 0 radical (unpaired) electrons. The van der Waals surface area contributed by atoms with Gasteiger partial charge in [0.05, 0.1) is 11.8 Å². The van der Waals surface area contributed by atoms with Crippen molar-refractivity contribution in [2.24, 2.45) is 0 Å². The molecule has 2 aromatic rings. The van der Waals surface area contributed by atoms with Crippen LogP contribution in [0.5, 0.6) is 0 Å². The van der Waals surface area contributed by atoms with Gasteiger partial charge in [-0.1, -0.05) is 22.0 Å². The van der Waals surface area contributed by atoms with Gasteiger partial charge in [-0.25, -0.2) is 4.79 Å². The van der Waals surface area contributed by atoms with Crippen molar-refractivity contribution in [3.05, 3.63) is 58.5 Å². The number of carbonyl (C=O) groups excluding carboxylic acids is 3. The molecule has 0 bridgehead atoms. The van der Waals surface area contributed by atoms with Crippen LogP contribution in [0.1, 0.15) is 20.9 Å². The summed E-state index contributed by atoms with van der Waals surface area (Å²) < 4.78 is 11.0. The molecule has 7 nitrogen and oxygen atoms in total. The van der Waals surface area contributed by atoms with Gasteiger partial charge in [0.1, 0.15) is 0 Å². The smallest absolute Gasteiger partial charge is 0.338 e. The molecule has 1 aromatic carbocycles. The van der Waals surface area contributed by atoms with E-state index in [0.717, 1.165) is 4.47 Å². The molecule has 1 fully saturated rings. The number of carbonyl (C=O) groups is 3. The van der Waals surface area contributed by atoms with E-state index in [-0.39, 0.29) is 24.2 Å². The molecule has 1 aliphatic heterocycles. The molecule has 0 saturated carbocycles. The average molecular weight is 421 g/mol. The van der Waals surface area contributed by atoms with Gasteiger partial charge in [-0.15, -0.1) is 0 Å². The van der Waals surface area contributed by atoms with Crippen LogP contribution >= 0.6 is 15.9 Å². The van der Waals surface area contributed by atoms with Gasteiger partial charge in [0.15, 0.2) is 12.4 Å². The van der Waals surface area contributed by atoms with E-state index < -0.39 is 5.97 Å². The van der Waals surface area contributed by atoms with Crippen molar-refractivity contribution in [3.8, 4) is 0 Å². The number of furan rings is 1. The average Bonchev–Trinajstić information content (AvgIpc) is 3.20. The fourth-order valence-corrected chi connectivity index (χ4v) is 3.03. The zero-order valence-electron chi connectivity index (χ0n) is 13.9. The molecule has 3 rings (SSSR count). The number of esters is 1. The fraction of sp³-hybridized carbons (Fsp3) is 0.278. The van der Waals surface area contributed by atoms with E-state index >= 15 is 0 Å². The number of hydrogen-bond donors (Lipinski definition) is 0. The lowest BCUT2D eigenvalue weighted by molar-refractivity contribution is -0.136. The van der Waals surface area contributed by atoms with Crippen LogP contribution in [0.2, 0.25) is 0 Å². The molecule has 0 N–H and O–H groups in total. The molecule has 26 heavy (non-hydrogen) atoms. The summed E-state index contributed by atoms with van der Waals surface area (Å²) in [6.45, 7) is 1.27. The van der Waals surface area contributed by atoms with Crippen molar-refractivity contribution in [2.75, 3.05) is 32.8 Å². The summed E-state index contributed by atoms with van der Waals surface area (Å²) in [5, 5.41) is 0. The lowest BCUT2D eigenvalue weighted by Crippen LogP contribution is -2.51. The van der Waals surface area contributed by atoms with Crippen LogP contribution in [0.15, 0.2) is 51.6 Å². The van der Waals surface area contributed by atoms with Gasteiger partial charge in [-0.05, 0) is 30.3 Å². The second-order valence-corrected chi connectivity index (χ2v) is 6.65. The van der Waals surface area contributed by atoms with Crippen molar-refractivity contribution in [3.63, 3.8) is 0 Å². The topological polar surface area (TPSA) is 80.1 Å². The number of rotatable bonds is 4. The van der Waals surface area contributed by atoms with Crippen LogP contribution in [0.3, 0.4) is 0 Å². The monoisotopic (exact) mass is 420 g/mol. The first-order valence-corrected chi connectivity index (χ1v) is 8.87. The Morgan fingerprint density at radius 1 is 1.04 bits per heavy atom. The Morgan fingerprint density at radius 2 is 1.77 bits per heavy atom. The summed E-state index contributed by atoms with van der Waals surface area (Å²) in [6.07, 6.45) is 1.45. The van der Waals surface area contributed by atoms with E-state index in [9.17, 15) is 14.4 Å². The minimum Gasteiger partial charge on any atom is -0.459 e. The second kappa shape index (κ2) is 8.18. The molecule has 2 heterocycles. The Bertz CT molecular complexity index is 798. The van der Waals surface area contributed by atoms with Gasteiger partial charge in [-0.2, -0.15) is 0 Å². The molecule has 0 spiro atoms. The number of benzene rings is 1. The molecular weight excluding hydrogens is 404 g/mol. The number of halogens is 1. The van der Waals surface area contributed by atoms with Crippen LogP contribution < -0.4 is 0 Å². The highest BCUT2D eigenvalue weighted by Crippen LogP contribution is 2.13. The highest BCUT2D eigenvalue weighted by molar-refractivity contribution is 9.10. The number of nitrogens with zero attached hydrogens (tertiary/aromatic N) is 2. The molecule has 8 heteroatoms. The predicted octanol–water partition coefficient (Wildman–Crippen LogP) is 2.18. The molecule has 0 unspecified atom stereocenters. The van der Waals surface area contributed by atoms with Crippen molar-refractivity contribution in [2.45, 2.75) is 0 Å². The Labute approximate surface area is 158 Å². The summed E-state index contributed by atoms with van der Waals surface area (Å²) in [5.41, 5.74) is 0.376. The number of hydrogen-bond acceptors (Lipinski definition) is 5. The first kappa shape index (κ1) is 18.2. The third kappa shape index (κ3) is 4.32. The predicted molar refractivity (Wildman–Crippen MR) is 95.6 cm³/mol. The molecule has 136 valence electrons. The summed E-state index contributed by atoms with van der Waals surface area (Å²) in [5.74, 6) is -0.736. The quantitative estimate of drug-likeness (QED) is 0.708. The molecule has 1 saturated heterocycles. The third-order valence-electron chi connectivity index (χ3n) is 4.04. The zero-order valence-corrected chi connectivity index (χ0v) is 15.5. The van der Waals surface area contributed by atoms with E-state index in [4.69, 9.17) is 9.15 Å². The van der Waals surface area contributed by atoms with E-state index in [1.807, 2.05) is 0 Å². The normalized spacial score (nSPS) is 14.2. The van der Waals surface area contributed by atoms with Crippen molar-refractivity contribution >= 4 is 33.7 Å². The minimum absolute atomic E-state index is 0.191. The second-order valence-electron chi connectivity index (χ2n) is 5.74. The van der Waals surface area contributed by atoms with Crippen LogP contribution in [-0.2, 0) is 9.53 Å². The van der Waals surface area contributed by atoms with Crippen molar-refractivity contribution < 1.29 is 23.5 Å². The largest absolute Gasteiger partial charge is 0.459 e. The maximum atomic E-state index is 12.2. The molecular formula is C18H17BrN2O5. The van der Waals surface area contributed by atoms with Crippen LogP contribution in [0.25, 0.3) is 0 Å². The van der Waals surface area contributed by atoms with Crippen LogP contribution in [0, 0.1) is 0 Å². The first-order valence-electron chi connectivity index (χ1n) is 8.08. The van der Waals surface area contributed by atoms with Gasteiger partial charge in [-0.3, -0.25) is 9.59 Å². The Hall–Kier alpha value is -2.61. The lowest BCUT2D eigenvalue weighted by atomic mass is 10.2. The highest BCUT2D eigenvalue weighted by atomic mass is 79.9. The maximum Gasteiger partial charge on any atom is 0.338 e. The van der Waals surface area contributed by atoms with E-state index in [2.05, 4.69) is 15.9 Å². The van der Waals surface area contributed by atoms with Gasteiger partial charge >= 0.3 is 5.97 Å². The summed E-state index contributed by atoms with van der Waals surface area (Å²) >= 11 is 3.28. The molecule has 1 aromatic heterocycles. The van der Waals surface area contributed by atoms with Gasteiger partial charge in [0.25, 0.3) is 11.8 Å². The summed E-state index contributed by atoms with van der Waals surface area (Å²) in [7, 11) is 0. The van der Waals surface area contributed by atoms with Crippen LogP contribution in [0.4, 0.5) is 0 Å². The summed E-state index contributed by atoms with van der Waals surface area (Å²) in [4.78, 5) is 39.6. The molecule has 1 aliphatic rings. The fourth-order valence-electron chi connectivity index (χ4n) is 2.63. The highest BCUT2D eigenvalue weighted by Gasteiger charge is 2.26. The summed E-state index contributed by atoms with van der Waals surface area (Å²) in [6, 6.07) is 10.0. The minimum atomic E-state index is -0.550. The van der Waals surface area contributed by atoms with Crippen LogP contribution in [-0.4, -0.2) is 60.4 Å². The Kier molecular flexibility index (Phi) is 5.72. The van der Waals surface area contributed by atoms with E-state index in [1.54, 1.807) is 46.2 Å².